The molecule has 0 bridgehead atoms. The summed E-state index contributed by atoms with van der Waals surface area (Å²) < 4.78 is 1.26. The molecule has 134 valence electrons. The van der Waals surface area contributed by atoms with Crippen molar-refractivity contribution in [3.8, 4) is 5.75 Å². The molecule has 1 fully saturated rings. The standard InChI is InChI=1S/C17H22ClN5O2/c1-21-17(25)16(13(18)12-20-21)19-6-7-22-8-10-23(11-9-22)14-4-2-3-5-15(14)24/h2-5,12,19,24H,6-11H2,1H3. The number of phenolic OH excluding ortho intramolecular Hbond substituents is 1. The van der Waals surface area contributed by atoms with Crippen molar-refractivity contribution < 1.29 is 5.11 Å². The molecule has 0 atom stereocenters. The van der Waals surface area contributed by atoms with Crippen LogP contribution in [0.25, 0.3) is 0 Å². The number of nitrogens with one attached hydrogen (secondary N) is 1. The molecule has 3 rings (SSSR count). The fraction of sp³-hybridized carbons (Fsp3) is 0.412. The molecule has 1 saturated heterocycles. The second kappa shape index (κ2) is 7.76. The van der Waals surface area contributed by atoms with Crippen LogP contribution in [0.5, 0.6) is 5.75 Å². The van der Waals surface area contributed by atoms with Gasteiger partial charge in [-0.2, -0.15) is 5.10 Å². The fourth-order valence-corrected chi connectivity index (χ4v) is 3.15. The number of benzene rings is 1. The zero-order valence-electron chi connectivity index (χ0n) is 14.2. The van der Waals surface area contributed by atoms with Gasteiger partial charge in [-0.1, -0.05) is 23.7 Å². The molecule has 2 N–H and O–H groups in total. The van der Waals surface area contributed by atoms with Gasteiger partial charge in [-0.25, -0.2) is 4.68 Å². The molecule has 2 aromatic rings. The van der Waals surface area contributed by atoms with E-state index in [1.54, 1.807) is 13.1 Å². The minimum atomic E-state index is -0.225. The smallest absolute Gasteiger partial charge is 0.291 e. The summed E-state index contributed by atoms with van der Waals surface area (Å²) in [4.78, 5) is 16.5. The fourth-order valence-electron chi connectivity index (χ4n) is 2.96. The van der Waals surface area contributed by atoms with Crippen LogP contribution in [0, 0.1) is 0 Å². The predicted molar refractivity (Wildman–Crippen MR) is 99.7 cm³/mol. The van der Waals surface area contributed by atoms with E-state index in [4.69, 9.17) is 11.6 Å². The van der Waals surface area contributed by atoms with Gasteiger partial charge < -0.3 is 15.3 Å². The van der Waals surface area contributed by atoms with Gasteiger partial charge in [0.05, 0.1) is 16.9 Å². The van der Waals surface area contributed by atoms with E-state index >= 15 is 0 Å². The third-order valence-corrected chi connectivity index (χ3v) is 4.70. The van der Waals surface area contributed by atoms with Crippen LogP contribution < -0.4 is 15.8 Å². The number of halogens is 1. The summed E-state index contributed by atoms with van der Waals surface area (Å²) in [6.45, 7) is 4.97. The van der Waals surface area contributed by atoms with Crippen LogP contribution in [0.1, 0.15) is 0 Å². The lowest BCUT2D eigenvalue weighted by Gasteiger charge is -2.36. The minimum Gasteiger partial charge on any atom is -0.506 e. The number of anilines is 2. The van der Waals surface area contributed by atoms with E-state index in [0.717, 1.165) is 38.4 Å². The third-order valence-electron chi connectivity index (χ3n) is 4.42. The largest absolute Gasteiger partial charge is 0.506 e. The lowest BCUT2D eigenvalue weighted by Crippen LogP contribution is -2.47. The summed E-state index contributed by atoms with van der Waals surface area (Å²) in [5, 5.41) is 17.3. The average molecular weight is 364 g/mol. The van der Waals surface area contributed by atoms with Crippen LogP contribution in [-0.4, -0.2) is 59.1 Å². The van der Waals surface area contributed by atoms with E-state index in [9.17, 15) is 9.90 Å². The van der Waals surface area contributed by atoms with E-state index in [-0.39, 0.29) is 5.56 Å². The first-order chi connectivity index (χ1) is 12.1. The number of para-hydroxylation sites is 2. The molecule has 0 amide bonds. The lowest BCUT2D eigenvalue weighted by molar-refractivity contribution is 0.266. The zero-order valence-corrected chi connectivity index (χ0v) is 14.9. The molecule has 0 spiro atoms. The number of hydrogen-bond donors (Lipinski definition) is 2. The van der Waals surface area contributed by atoms with E-state index in [2.05, 4.69) is 20.2 Å². The Labute approximate surface area is 151 Å². The molecule has 1 aromatic heterocycles. The van der Waals surface area contributed by atoms with E-state index in [1.165, 1.54) is 10.9 Å². The van der Waals surface area contributed by atoms with Crippen molar-refractivity contribution in [2.45, 2.75) is 0 Å². The molecule has 7 nitrogen and oxygen atoms in total. The molecule has 1 aliphatic heterocycles. The van der Waals surface area contributed by atoms with Crippen molar-refractivity contribution in [1.29, 1.82) is 0 Å². The number of aromatic hydroxyl groups is 1. The first-order valence-electron chi connectivity index (χ1n) is 8.27. The Hall–Kier alpha value is -2.25. The molecule has 25 heavy (non-hydrogen) atoms. The number of aryl methyl sites for hydroxylation is 1. The Balaban J connectivity index is 1.50. The maximum atomic E-state index is 12.0. The van der Waals surface area contributed by atoms with Crippen LogP contribution >= 0.6 is 11.6 Å². The summed E-state index contributed by atoms with van der Waals surface area (Å²) in [5.41, 5.74) is 1.05. The van der Waals surface area contributed by atoms with E-state index in [1.807, 2.05) is 18.2 Å². The van der Waals surface area contributed by atoms with Crippen LogP contribution in [-0.2, 0) is 7.05 Å². The second-order valence-electron chi connectivity index (χ2n) is 6.04. The number of aromatic nitrogens is 2. The highest BCUT2D eigenvalue weighted by Crippen LogP contribution is 2.27. The topological polar surface area (TPSA) is 73.6 Å². The van der Waals surface area contributed by atoms with Crippen molar-refractivity contribution in [1.82, 2.24) is 14.7 Å². The van der Waals surface area contributed by atoms with Gasteiger partial charge in [-0.15, -0.1) is 0 Å². The monoisotopic (exact) mass is 363 g/mol. The third kappa shape index (κ3) is 4.05. The maximum Gasteiger partial charge on any atom is 0.291 e. The van der Waals surface area contributed by atoms with Crippen molar-refractivity contribution in [3.05, 3.63) is 45.8 Å². The highest BCUT2D eigenvalue weighted by molar-refractivity contribution is 6.32. The Morgan fingerprint density at radius 1 is 1.24 bits per heavy atom. The summed E-state index contributed by atoms with van der Waals surface area (Å²) in [6.07, 6.45) is 1.47. The Morgan fingerprint density at radius 3 is 2.68 bits per heavy atom. The van der Waals surface area contributed by atoms with Crippen LogP contribution in [0.4, 0.5) is 11.4 Å². The van der Waals surface area contributed by atoms with Crippen LogP contribution in [0.3, 0.4) is 0 Å². The Morgan fingerprint density at radius 2 is 1.96 bits per heavy atom. The average Bonchev–Trinajstić information content (AvgIpc) is 2.62. The molecule has 0 saturated carbocycles. The molecule has 2 heterocycles. The van der Waals surface area contributed by atoms with Crippen molar-refractivity contribution in [2.24, 2.45) is 7.05 Å². The van der Waals surface area contributed by atoms with Crippen molar-refractivity contribution in [2.75, 3.05) is 49.5 Å². The van der Waals surface area contributed by atoms with Crippen molar-refractivity contribution >= 4 is 23.0 Å². The quantitative estimate of drug-likeness (QED) is 0.836. The molecule has 8 heteroatoms. The molecule has 0 radical (unpaired) electrons. The van der Waals surface area contributed by atoms with Gasteiger partial charge in [0, 0.05) is 46.3 Å². The SMILES string of the molecule is Cn1ncc(Cl)c(NCCN2CCN(c3ccccc3O)CC2)c1=O. The Kier molecular flexibility index (Phi) is 5.45. The van der Waals surface area contributed by atoms with E-state index < -0.39 is 0 Å². The molecular formula is C17H22ClN5O2. The highest BCUT2D eigenvalue weighted by Gasteiger charge is 2.19. The lowest BCUT2D eigenvalue weighted by atomic mass is 10.2. The molecular weight excluding hydrogens is 342 g/mol. The highest BCUT2D eigenvalue weighted by atomic mass is 35.5. The van der Waals surface area contributed by atoms with Gasteiger partial charge in [0.1, 0.15) is 11.4 Å². The van der Waals surface area contributed by atoms with Crippen LogP contribution in [0.2, 0.25) is 5.02 Å². The molecule has 0 unspecified atom stereocenters. The number of hydrogen-bond acceptors (Lipinski definition) is 6. The number of phenols is 1. The number of nitrogens with zero attached hydrogens (tertiary/aromatic N) is 4. The van der Waals surface area contributed by atoms with Gasteiger partial charge in [0.25, 0.3) is 5.56 Å². The Bertz CT molecular complexity index is 787. The number of rotatable bonds is 5. The molecule has 1 aromatic carbocycles. The summed E-state index contributed by atoms with van der Waals surface area (Å²) in [5.74, 6) is 0.320. The van der Waals surface area contributed by atoms with Gasteiger partial charge in [-0.05, 0) is 12.1 Å². The predicted octanol–water partition coefficient (Wildman–Crippen LogP) is 1.37. The first kappa shape index (κ1) is 17.6. The normalized spacial score (nSPS) is 15.4. The maximum absolute atomic E-state index is 12.0. The summed E-state index contributed by atoms with van der Waals surface area (Å²) >= 11 is 6.04. The van der Waals surface area contributed by atoms with Gasteiger partial charge in [-0.3, -0.25) is 9.69 Å². The second-order valence-corrected chi connectivity index (χ2v) is 6.45. The minimum absolute atomic E-state index is 0.225. The van der Waals surface area contributed by atoms with Gasteiger partial charge in [0.2, 0.25) is 0 Å². The summed E-state index contributed by atoms with van der Waals surface area (Å²) in [7, 11) is 1.60. The van der Waals surface area contributed by atoms with Gasteiger partial charge >= 0.3 is 0 Å². The first-order valence-corrected chi connectivity index (χ1v) is 8.65. The number of piperazine rings is 1. The molecule has 1 aliphatic rings. The zero-order chi connectivity index (χ0) is 17.8. The molecule has 0 aliphatic carbocycles. The van der Waals surface area contributed by atoms with Crippen molar-refractivity contribution in [3.63, 3.8) is 0 Å². The van der Waals surface area contributed by atoms with E-state index in [0.29, 0.717) is 23.0 Å². The summed E-state index contributed by atoms with van der Waals surface area (Å²) in [6, 6.07) is 7.41. The van der Waals surface area contributed by atoms with Gasteiger partial charge in [0.15, 0.2) is 0 Å². The van der Waals surface area contributed by atoms with Crippen LogP contribution in [0.15, 0.2) is 35.3 Å².